The number of hydrogen-bond acceptors (Lipinski definition) is 2. The van der Waals surface area contributed by atoms with Crippen LogP contribution < -0.4 is 4.74 Å². The molecule has 1 heterocycles. The summed E-state index contributed by atoms with van der Waals surface area (Å²) in [5.41, 5.74) is 2.97. The maximum Gasteiger partial charge on any atom is 0.161 e. The molecule has 0 saturated heterocycles. The van der Waals surface area contributed by atoms with E-state index >= 15 is 0 Å². The molecular formula is C18H16BrNO2. The van der Waals surface area contributed by atoms with Gasteiger partial charge in [-0.2, -0.15) is 0 Å². The Kier molecular flexibility index (Phi) is 4.03. The van der Waals surface area contributed by atoms with Gasteiger partial charge in [-0.15, -0.1) is 0 Å². The minimum Gasteiger partial charge on any atom is -0.497 e. The van der Waals surface area contributed by atoms with Gasteiger partial charge in [0, 0.05) is 28.2 Å². The van der Waals surface area contributed by atoms with E-state index in [2.05, 4.69) is 20.5 Å². The summed E-state index contributed by atoms with van der Waals surface area (Å²) in [5.74, 6) is 0.925. The van der Waals surface area contributed by atoms with Crippen LogP contribution in [-0.2, 0) is 6.54 Å². The third-order valence-electron chi connectivity index (χ3n) is 3.74. The molecule has 1 aromatic heterocycles. The SMILES string of the molecule is COc1ccc(Cn2cc(C(C)=O)c3ccc(Br)cc32)cc1. The Morgan fingerprint density at radius 1 is 1.18 bits per heavy atom. The zero-order valence-electron chi connectivity index (χ0n) is 12.5. The third-order valence-corrected chi connectivity index (χ3v) is 4.23. The van der Waals surface area contributed by atoms with Crippen LogP contribution in [0.25, 0.3) is 10.9 Å². The number of aromatic nitrogens is 1. The molecule has 0 atom stereocenters. The van der Waals surface area contributed by atoms with Crippen LogP contribution in [0.3, 0.4) is 0 Å². The Balaban J connectivity index is 2.05. The van der Waals surface area contributed by atoms with Gasteiger partial charge in [0.15, 0.2) is 5.78 Å². The molecule has 4 heteroatoms. The first-order valence-corrected chi connectivity index (χ1v) is 7.80. The quantitative estimate of drug-likeness (QED) is 0.635. The molecule has 3 nitrogen and oxygen atoms in total. The van der Waals surface area contributed by atoms with E-state index < -0.39 is 0 Å². The van der Waals surface area contributed by atoms with Crippen LogP contribution in [0.4, 0.5) is 0 Å². The normalized spacial score (nSPS) is 10.9. The number of hydrogen-bond donors (Lipinski definition) is 0. The second-order valence-electron chi connectivity index (χ2n) is 5.24. The van der Waals surface area contributed by atoms with E-state index in [1.807, 2.05) is 48.7 Å². The predicted molar refractivity (Wildman–Crippen MR) is 91.7 cm³/mol. The molecule has 22 heavy (non-hydrogen) atoms. The number of carbonyl (C=O) groups is 1. The summed E-state index contributed by atoms with van der Waals surface area (Å²) in [6, 6.07) is 14.0. The molecule has 0 unspecified atom stereocenters. The number of rotatable bonds is 4. The molecule has 0 aliphatic rings. The highest BCUT2D eigenvalue weighted by molar-refractivity contribution is 9.10. The molecule has 112 valence electrons. The van der Waals surface area contributed by atoms with Crippen molar-refractivity contribution in [1.82, 2.24) is 4.57 Å². The minimum atomic E-state index is 0.0841. The largest absolute Gasteiger partial charge is 0.497 e. The van der Waals surface area contributed by atoms with Crippen molar-refractivity contribution >= 4 is 32.6 Å². The van der Waals surface area contributed by atoms with Gasteiger partial charge in [-0.1, -0.05) is 34.1 Å². The topological polar surface area (TPSA) is 31.2 Å². The Morgan fingerprint density at radius 3 is 2.55 bits per heavy atom. The molecule has 0 aliphatic heterocycles. The number of methoxy groups -OCH3 is 1. The molecule has 0 spiro atoms. The Labute approximate surface area is 137 Å². The minimum absolute atomic E-state index is 0.0841. The van der Waals surface area contributed by atoms with E-state index in [1.165, 1.54) is 0 Å². The summed E-state index contributed by atoms with van der Waals surface area (Å²) in [7, 11) is 1.66. The van der Waals surface area contributed by atoms with E-state index in [-0.39, 0.29) is 5.78 Å². The summed E-state index contributed by atoms with van der Waals surface area (Å²) in [5, 5.41) is 0.990. The first-order valence-electron chi connectivity index (χ1n) is 7.01. The summed E-state index contributed by atoms with van der Waals surface area (Å²) < 4.78 is 8.30. The predicted octanol–water partition coefficient (Wildman–Crippen LogP) is 4.66. The molecule has 0 aliphatic carbocycles. The Morgan fingerprint density at radius 2 is 1.91 bits per heavy atom. The lowest BCUT2D eigenvalue weighted by atomic mass is 10.1. The van der Waals surface area contributed by atoms with E-state index in [0.29, 0.717) is 6.54 Å². The van der Waals surface area contributed by atoms with Crippen LogP contribution >= 0.6 is 15.9 Å². The van der Waals surface area contributed by atoms with Gasteiger partial charge in [-0.3, -0.25) is 4.79 Å². The van der Waals surface area contributed by atoms with Crippen molar-refractivity contribution in [2.24, 2.45) is 0 Å². The molecular weight excluding hydrogens is 342 g/mol. The lowest BCUT2D eigenvalue weighted by Gasteiger charge is -2.07. The molecule has 0 fully saturated rings. The Bertz CT molecular complexity index is 834. The van der Waals surface area contributed by atoms with Crippen molar-refractivity contribution in [3.05, 3.63) is 64.3 Å². The van der Waals surface area contributed by atoms with Gasteiger partial charge in [0.2, 0.25) is 0 Å². The number of carbonyl (C=O) groups excluding carboxylic acids is 1. The van der Waals surface area contributed by atoms with Gasteiger partial charge >= 0.3 is 0 Å². The number of benzene rings is 2. The van der Waals surface area contributed by atoms with Gasteiger partial charge < -0.3 is 9.30 Å². The van der Waals surface area contributed by atoms with Crippen molar-refractivity contribution in [1.29, 1.82) is 0 Å². The van der Waals surface area contributed by atoms with Crippen LogP contribution in [0.5, 0.6) is 5.75 Å². The van der Waals surface area contributed by atoms with Crippen molar-refractivity contribution in [3.8, 4) is 5.75 Å². The lowest BCUT2D eigenvalue weighted by Crippen LogP contribution is -1.98. The first-order chi connectivity index (χ1) is 10.6. The first kappa shape index (κ1) is 14.9. The zero-order chi connectivity index (χ0) is 15.7. The summed E-state index contributed by atoms with van der Waals surface area (Å²) in [4.78, 5) is 11.9. The number of halogens is 1. The van der Waals surface area contributed by atoms with Crippen LogP contribution in [0.1, 0.15) is 22.8 Å². The molecule has 2 aromatic carbocycles. The van der Waals surface area contributed by atoms with Crippen LogP contribution in [0, 0.1) is 0 Å². The fourth-order valence-corrected chi connectivity index (χ4v) is 2.95. The summed E-state index contributed by atoms with van der Waals surface area (Å²) >= 11 is 3.50. The van der Waals surface area contributed by atoms with Crippen molar-refractivity contribution in [3.63, 3.8) is 0 Å². The summed E-state index contributed by atoms with van der Waals surface area (Å²) in [6.45, 7) is 2.32. The van der Waals surface area contributed by atoms with Gasteiger partial charge in [-0.05, 0) is 36.8 Å². The monoisotopic (exact) mass is 357 g/mol. The van der Waals surface area contributed by atoms with Gasteiger partial charge in [-0.25, -0.2) is 0 Å². The highest BCUT2D eigenvalue weighted by Gasteiger charge is 2.12. The van der Waals surface area contributed by atoms with E-state index in [1.54, 1.807) is 14.0 Å². The molecule has 3 aromatic rings. The maximum atomic E-state index is 11.9. The zero-order valence-corrected chi connectivity index (χ0v) is 14.1. The van der Waals surface area contributed by atoms with Crippen LogP contribution in [-0.4, -0.2) is 17.5 Å². The third kappa shape index (κ3) is 2.79. The Hall–Kier alpha value is -2.07. The molecule has 0 radical (unpaired) electrons. The van der Waals surface area contributed by atoms with Gasteiger partial charge in [0.1, 0.15) is 5.75 Å². The number of ether oxygens (including phenoxy) is 1. The van der Waals surface area contributed by atoms with E-state index in [9.17, 15) is 4.79 Å². The second-order valence-corrected chi connectivity index (χ2v) is 6.15. The highest BCUT2D eigenvalue weighted by Crippen LogP contribution is 2.26. The maximum absolute atomic E-state index is 11.9. The number of nitrogens with zero attached hydrogens (tertiary/aromatic N) is 1. The number of ketones is 1. The van der Waals surface area contributed by atoms with E-state index in [4.69, 9.17) is 4.74 Å². The van der Waals surface area contributed by atoms with Crippen LogP contribution in [0.15, 0.2) is 53.1 Å². The molecule has 0 N–H and O–H groups in total. The molecule has 0 bridgehead atoms. The fourth-order valence-electron chi connectivity index (χ4n) is 2.60. The van der Waals surface area contributed by atoms with Crippen molar-refractivity contribution in [2.75, 3.05) is 7.11 Å². The number of fused-ring (bicyclic) bond motifs is 1. The van der Waals surface area contributed by atoms with E-state index in [0.717, 1.165) is 32.3 Å². The lowest BCUT2D eigenvalue weighted by molar-refractivity contribution is 0.101. The number of Topliss-reactive ketones (excluding diaryl/α,β-unsaturated/α-hetero) is 1. The van der Waals surface area contributed by atoms with Crippen LogP contribution in [0.2, 0.25) is 0 Å². The summed E-state index contributed by atoms with van der Waals surface area (Å²) in [6.07, 6.45) is 1.93. The standard InChI is InChI=1S/C18H16BrNO2/c1-12(21)17-11-20(18-9-14(19)5-8-16(17)18)10-13-3-6-15(22-2)7-4-13/h3-9,11H,10H2,1-2H3. The molecule has 0 amide bonds. The second kappa shape index (κ2) is 5.97. The average Bonchev–Trinajstić information content (AvgIpc) is 2.86. The average molecular weight is 358 g/mol. The smallest absolute Gasteiger partial charge is 0.161 e. The van der Waals surface area contributed by atoms with Gasteiger partial charge in [0.05, 0.1) is 12.6 Å². The molecule has 3 rings (SSSR count). The molecule has 0 saturated carbocycles. The van der Waals surface area contributed by atoms with Crippen molar-refractivity contribution < 1.29 is 9.53 Å². The van der Waals surface area contributed by atoms with Crippen molar-refractivity contribution in [2.45, 2.75) is 13.5 Å². The fraction of sp³-hybridized carbons (Fsp3) is 0.167. The van der Waals surface area contributed by atoms with Gasteiger partial charge in [0.25, 0.3) is 0 Å². The highest BCUT2D eigenvalue weighted by atomic mass is 79.9.